The van der Waals surface area contributed by atoms with Crippen LogP contribution >= 0.6 is 11.6 Å². The highest BCUT2D eigenvalue weighted by atomic mass is 35.5. The summed E-state index contributed by atoms with van der Waals surface area (Å²) in [4.78, 5) is 3.97. The molecule has 16 heavy (non-hydrogen) atoms. The molecule has 0 saturated heterocycles. The zero-order valence-electron chi connectivity index (χ0n) is 9.45. The summed E-state index contributed by atoms with van der Waals surface area (Å²) >= 11 is 6.05. The van der Waals surface area contributed by atoms with Crippen molar-refractivity contribution in [1.29, 1.82) is 0 Å². The van der Waals surface area contributed by atoms with E-state index in [1.54, 1.807) is 19.5 Å². The molecule has 1 fully saturated rings. The number of halogens is 1. The Labute approximate surface area is 101 Å². The van der Waals surface area contributed by atoms with E-state index in [1.165, 1.54) is 12.8 Å². The number of hydrogen-bond acceptors (Lipinski definition) is 3. The molecule has 1 aliphatic carbocycles. The van der Waals surface area contributed by atoms with Crippen molar-refractivity contribution in [2.45, 2.75) is 38.0 Å². The van der Waals surface area contributed by atoms with E-state index in [0.29, 0.717) is 12.1 Å². The van der Waals surface area contributed by atoms with Crippen LogP contribution in [0.4, 0.5) is 0 Å². The van der Waals surface area contributed by atoms with Gasteiger partial charge in [-0.25, -0.2) is 0 Å². The molecule has 0 bridgehead atoms. The Bertz CT molecular complexity index is 346. The van der Waals surface area contributed by atoms with E-state index in [9.17, 15) is 0 Å². The maximum absolute atomic E-state index is 6.05. The second kappa shape index (κ2) is 5.62. The summed E-state index contributed by atoms with van der Waals surface area (Å²) in [5.41, 5.74) is 1.10. The number of nitrogens with one attached hydrogen (secondary N) is 1. The van der Waals surface area contributed by atoms with E-state index in [4.69, 9.17) is 16.3 Å². The smallest absolute Gasteiger partial charge is 0.0724 e. The molecule has 0 spiro atoms. The fourth-order valence-electron chi connectivity index (χ4n) is 2.23. The van der Waals surface area contributed by atoms with Crippen LogP contribution in [-0.2, 0) is 11.3 Å². The average molecular weight is 241 g/mol. The van der Waals surface area contributed by atoms with Crippen LogP contribution in [0.25, 0.3) is 0 Å². The van der Waals surface area contributed by atoms with E-state index in [-0.39, 0.29) is 0 Å². The summed E-state index contributed by atoms with van der Waals surface area (Å²) in [6.45, 7) is 0.784. The minimum Gasteiger partial charge on any atom is -0.380 e. The van der Waals surface area contributed by atoms with Crippen LogP contribution in [0.2, 0.25) is 5.02 Å². The molecule has 0 aliphatic heterocycles. The fraction of sp³-hybridized carbons (Fsp3) is 0.583. The number of pyridine rings is 1. The van der Waals surface area contributed by atoms with Gasteiger partial charge in [0.1, 0.15) is 0 Å². The third-order valence-electron chi connectivity index (χ3n) is 3.17. The first-order valence-electron chi connectivity index (χ1n) is 5.66. The first kappa shape index (κ1) is 11.8. The largest absolute Gasteiger partial charge is 0.380 e. The van der Waals surface area contributed by atoms with Gasteiger partial charge in [0.2, 0.25) is 0 Å². The Hall–Kier alpha value is -0.640. The molecule has 0 aromatic carbocycles. The summed E-state index contributed by atoms with van der Waals surface area (Å²) in [5, 5.41) is 4.23. The predicted molar refractivity (Wildman–Crippen MR) is 64.5 cm³/mol. The Kier molecular flexibility index (Phi) is 4.16. The molecule has 1 saturated carbocycles. The lowest BCUT2D eigenvalue weighted by molar-refractivity contribution is 0.0847. The third-order valence-corrected chi connectivity index (χ3v) is 3.51. The van der Waals surface area contributed by atoms with Crippen molar-refractivity contribution < 1.29 is 4.74 Å². The van der Waals surface area contributed by atoms with Crippen molar-refractivity contribution in [2.75, 3.05) is 7.11 Å². The molecule has 0 radical (unpaired) electrons. The fourth-order valence-corrected chi connectivity index (χ4v) is 2.42. The topological polar surface area (TPSA) is 34.1 Å². The maximum Gasteiger partial charge on any atom is 0.0724 e. The monoisotopic (exact) mass is 240 g/mol. The molecule has 2 unspecified atom stereocenters. The highest BCUT2D eigenvalue weighted by molar-refractivity contribution is 6.31. The zero-order valence-corrected chi connectivity index (χ0v) is 10.2. The average Bonchev–Trinajstić information content (AvgIpc) is 2.75. The van der Waals surface area contributed by atoms with Crippen molar-refractivity contribution in [2.24, 2.45) is 0 Å². The Balaban J connectivity index is 1.90. The van der Waals surface area contributed by atoms with Crippen LogP contribution in [0.5, 0.6) is 0 Å². The second-order valence-electron chi connectivity index (χ2n) is 4.16. The molecule has 1 aliphatic rings. The van der Waals surface area contributed by atoms with Crippen LogP contribution in [0, 0.1) is 0 Å². The van der Waals surface area contributed by atoms with E-state index in [0.717, 1.165) is 23.6 Å². The van der Waals surface area contributed by atoms with E-state index in [2.05, 4.69) is 10.3 Å². The summed E-state index contributed by atoms with van der Waals surface area (Å²) in [5.74, 6) is 0. The molecule has 4 heteroatoms. The molecule has 88 valence electrons. The highest BCUT2D eigenvalue weighted by Gasteiger charge is 2.26. The van der Waals surface area contributed by atoms with Gasteiger partial charge in [-0.15, -0.1) is 0 Å². The third kappa shape index (κ3) is 2.73. The van der Waals surface area contributed by atoms with Gasteiger partial charge < -0.3 is 10.1 Å². The number of hydrogen-bond donors (Lipinski definition) is 1. The number of nitrogens with zero attached hydrogens (tertiary/aromatic N) is 1. The van der Waals surface area contributed by atoms with E-state index >= 15 is 0 Å². The number of aromatic nitrogens is 1. The Morgan fingerprint density at radius 2 is 2.44 bits per heavy atom. The van der Waals surface area contributed by atoms with Gasteiger partial charge in [0.15, 0.2) is 0 Å². The van der Waals surface area contributed by atoms with Crippen molar-refractivity contribution in [3.8, 4) is 0 Å². The van der Waals surface area contributed by atoms with Crippen LogP contribution in [0.1, 0.15) is 24.8 Å². The van der Waals surface area contributed by atoms with Crippen molar-refractivity contribution in [3.63, 3.8) is 0 Å². The van der Waals surface area contributed by atoms with Gasteiger partial charge in [-0.2, -0.15) is 0 Å². The number of methoxy groups -OCH3 is 1. The van der Waals surface area contributed by atoms with Crippen LogP contribution in [-0.4, -0.2) is 24.2 Å². The molecule has 1 aromatic rings. The van der Waals surface area contributed by atoms with Gasteiger partial charge in [0, 0.05) is 32.1 Å². The predicted octanol–water partition coefficient (Wildman–Crippen LogP) is 2.39. The van der Waals surface area contributed by atoms with Crippen LogP contribution in [0.15, 0.2) is 18.5 Å². The standard InChI is InChI=1S/C12H17ClN2O/c1-16-12-4-2-3-11(12)15-7-9-5-6-14-8-10(9)13/h5-6,8,11-12,15H,2-4,7H2,1H3. The van der Waals surface area contributed by atoms with Crippen LogP contribution < -0.4 is 5.32 Å². The normalized spacial score (nSPS) is 24.9. The number of rotatable bonds is 4. The van der Waals surface area contributed by atoms with Crippen molar-refractivity contribution in [3.05, 3.63) is 29.0 Å². The first-order valence-corrected chi connectivity index (χ1v) is 6.03. The molecule has 1 aromatic heterocycles. The lowest BCUT2D eigenvalue weighted by Gasteiger charge is -2.19. The molecule has 2 atom stereocenters. The minimum atomic E-state index is 0.348. The molecule has 0 amide bonds. The molecule has 2 rings (SSSR count). The number of ether oxygens (including phenoxy) is 1. The highest BCUT2D eigenvalue weighted by Crippen LogP contribution is 2.22. The van der Waals surface area contributed by atoms with Gasteiger partial charge >= 0.3 is 0 Å². The molecule has 1 heterocycles. The van der Waals surface area contributed by atoms with Gasteiger partial charge in [0.25, 0.3) is 0 Å². The molecular weight excluding hydrogens is 224 g/mol. The van der Waals surface area contributed by atoms with E-state index < -0.39 is 0 Å². The van der Waals surface area contributed by atoms with Gasteiger partial charge in [-0.3, -0.25) is 4.98 Å². The Morgan fingerprint density at radius 3 is 3.19 bits per heavy atom. The SMILES string of the molecule is COC1CCCC1NCc1ccncc1Cl. The van der Waals surface area contributed by atoms with Crippen molar-refractivity contribution >= 4 is 11.6 Å². The van der Waals surface area contributed by atoms with Gasteiger partial charge in [0.05, 0.1) is 11.1 Å². The molecule has 3 nitrogen and oxygen atoms in total. The quantitative estimate of drug-likeness (QED) is 0.878. The summed E-state index contributed by atoms with van der Waals surface area (Å²) in [7, 11) is 1.78. The first-order chi connectivity index (χ1) is 7.81. The summed E-state index contributed by atoms with van der Waals surface area (Å²) in [6, 6.07) is 2.40. The maximum atomic E-state index is 6.05. The Morgan fingerprint density at radius 1 is 1.56 bits per heavy atom. The summed E-state index contributed by atoms with van der Waals surface area (Å²) in [6.07, 6.45) is 7.37. The lowest BCUT2D eigenvalue weighted by Crippen LogP contribution is -2.36. The second-order valence-corrected chi connectivity index (χ2v) is 4.57. The van der Waals surface area contributed by atoms with Crippen molar-refractivity contribution in [1.82, 2.24) is 10.3 Å². The minimum absolute atomic E-state index is 0.348. The zero-order chi connectivity index (χ0) is 11.4. The summed E-state index contributed by atoms with van der Waals surface area (Å²) < 4.78 is 5.43. The van der Waals surface area contributed by atoms with Gasteiger partial charge in [-0.1, -0.05) is 11.6 Å². The van der Waals surface area contributed by atoms with Crippen LogP contribution in [0.3, 0.4) is 0 Å². The molecule has 1 N–H and O–H groups in total. The lowest BCUT2D eigenvalue weighted by atomic mass is 10.2. The molecular formula is C12H17ClN2O. The van der Waals surface area contributed by atoms with E-state index in [1.807, 2.05) is 6.07 Å². The van der Waals surface area contributed by atoms with Gasteiger partial charge in [-0.05, 0) is 30.9 Å².